The second kappa shape index (κ2) is 8.16. The number of amides is 1. The molecule has 0 aliphatic carbocycles. The Hall–Kier alpha value is -2.64. The van der Waals surface area contributed by atoms with Crippen molar-refractivity contribution >= 4 is 45.5 Å². The molecule has 1 fully saturated rings. The summed E-state index contributed by atoms with van der Waals surface area (Å²) in [5.74, 6) is 0.696. The maximum Gasteiger partial charge on any atom is 0.273 e. The number of pyridine rings is 1. The van der Waals surface area contributed by atoms with Crippen LogP contribution >= 0.6 is 22.9 Å². The number of aryl methyl sites for hydroxylation is 1. The minimum atomic E-state index is -0.0303. The lowest BCUT2D eigenvalue weighted by molar-refractivity contribution is 0.0742. The number of halogens is 1. The lowest BCUT2D eigenvalue weighted by atomic mass is 10.2. The van der Waals surface area contributed by atoms with Gasteiger partial charge in [0, 0.05) is 48.0 Å². The standard InChI is InChI=1S/C20H20ClN5OS/c1-14-3-2-4-18(22-14)24-20-23-17(13-28-20)19(27)26-11-9-25(10-12-26)16-7-5-15(21)6-8-16/h2-8,13H,9-12H2,1H3,(H,22,23,24). The number of hydrogen-bond acceptors (Lipinski definition) is 6. The van der Waals surface area contributed by atoms with Gasteiger partial charge in [-0.25, -0.2) is 9.97 Å². The minimum absolute atomic E-state index is 0.0303. The Morgan fingerprint density at radius 2 is 1.82 bits per heavy atom. The van der Waals surface area contributed by atoms with Crippen LogP contribution in [0.3, 0.4) is 0 Å². The molecular formula is C20H20ClN5OS. The molecule has 3 heterocycles. The van der Waals surface area contributed by atoms with Crippen molar-refractivity contribution in [3.63, 3.8) is 0 Å². The van der Waals surface area contributed by atoms with Crippen LogP contribution in [0.4, 0.5) is 16.6 Å². The van der Waals surface area contributed by atoms with Gasteiger partial charge in [-0.3, -0.25) is 4.79 Å². The molecule has 0 radical (unpaired) electrons. The highest BCUT2D eigenvalue weighted by Gasteiger charge is 2.24. The summed E-state index contributed by atoms with van der Waals surface area (Å²) >= 11 is 7.37. The first-order valence-corrected chi connectivity index (χ1v) is 10.3. The zero-order valence-corrected chi connectivity index (χ0v) is 17.0. The van der Waals surface area contributed by atoms with Crippen molar-refractivity contribution in [3.05, 3.63) is 64.3 Å². The Kier molecular flexibility index (Phi) is 5.45. The van der Waals surface area contributed by atoms with E-state index < -0.39 is 0 Å². The van der Waals surface area contributed by atoms with Crippen LogP contribution in [-0.4, -0.2) is 47.0 Å². The Balaban J connectivity index is 1.36. The summed E-state index contributed by atoms with van der Waals surface area (Å²) in [4.78, 5) is 25.8. The largest absolute Gasteiger partial charge is 0.368 e. The van der Waals surface area contributed by atoms with E-state index in [1.165, 1.54) is 11.3 Å². The molecule has 144 valence electrons. The van der Waals surface area contributed by atoms with Crippen LogP contribution in [0.15, 0.2) is 47.8 Å². The third kappa shape index (κ3) is 4.26. The Morgan fingerprint density at radius 3 is 2.54 bits per heavy atom. The number of carbonyl (C=O) groups is 1. The molecule has 1 N–H and O–H groups in total. The van der Waals surface area contributed by atoms with Crippen molar-refractivity contribution < 1.29 is 4.79 Å². The number of nitrogens with one attached hydrogen (secondary N) is 1. The normalized spacial score (nSPS) is 14.2. The van der Waals surface area contributed by atoms with Crippen LogP contribution in [0, 0.1) is 6.92 Å². The van der Waals surface area contributed by atoms with Crippen LogP contribution in [0.5, 0.6) is 0 Å². The second-order valence-corrected chi connectivity index (χ2v) is 7.88. The summed E-state index contributed by atoms with van der Waals surface area (Å²) in [6.07, 6.45) is 0. The van der Waals surface area contributed by atoms with E-state index >= 15 is 0 Å². The number of benzene rings is 1. The molecule has 0 unspecified atom stereocenters. The molecule has 1 aliphatic rings. The number of nitrogens with zero attached hydrogens (tertiary/aromatic N) is 4. The van der Waals surface area contributed by atoms with Crippen LogP contribution in [-0.2, 0) is 0 Å². The van der Waals surface area contributed by atoms with Crippen LogP contribution in [0.2, 0.25) is 5.02 Å². The fraction of sp³-hybridized carbons (Fsp3) is 0.250. The number of anilines is 3. The third-order valence-electron chi connectivity index (χ3n) is 4.61. The fourth-order valence-electron chi connectivity index (χ4n) is 3.13. The maximum atomic E-state index is 12.8. The van der Waals surface area contributed by atoms with Gasteiger partial charge in [0.05, 0.1) is 0 Å². The van der Waals surface area contributed by atoms with Crippen LogP contribution < -0.4 is 10.2 Å². The smallest absolute Gasteiger partial charge is 0.273 e. The van der Waals surface area contributed by atoms with Crippen LogP contribution in [0.1, 0.15) is 16.2 Å². The third-order valence-corrected chi connectivity index (χ3v) is 5.61. The van der Waals surface area contributed by atoms with Gasteiger partial charge in [0.2, 0.25) is 0 Å². The molecule has 0 saturated carbocycles. The summed E-state index contributed by atoms with van der Waals surface area (Å²) in [6.45, 7) is 4.85. The van der Waals surface area contributed by atoms with Gasteiger partial charge in [0.15, 0.2) is 5.13 Å². The van der Waals surface area contributed by atoms with Crippen molar-refractivity contribution in [3.8, 4) is 0 Å². The van der Waals surface area contributed by atoms with Gasteiger partial charge >= 0.3 is 0 Å². The van der Waals surface area contributed by atoms with Crippen molar-refractivity contribution in [1.82, 2.24) is 14.9 Å². The Labute approximate surface area is 172 Å². The van der Waals surface area contributed by atoms with Gasteiger partial charge in [-0.1, -0.05) is 17.7 Å². The summed E-state index contributed by atoms with van der Waals surface area (Å²) < 4.78 is 0. The minimum Gasteiger partial charge on any atom is -0.368 e. The number of thiazole rings is 1. The van der Waals surface area contributed by atoms with Crippen molar-refractivity contribution in [2.75, 3.05) is 36.4 Å². The zero-order valence-electron chi connectivity index (χ0n) is 15.4. The Bertz CT molecular complexity index is 967. The fourth-order valence-corrected chi connectivity index (χ4v) is 3.95. The van der Waals surface area contributed by atoms with E-state index in [1.807, 2.05) is 54.3 Å². The monoisotopic (exact) mass is 413 g/mol. The van der Waals surface area contributed by atoms with Crippen molar-refractivity contribution in [2.24, 2.45) is 0 Å². The second-order valence-electron chi connectivity index (χ2n) is 6.58. The highest BCUT2D eigenvalue weighted by molar-refractivity contribution is 7.14. The van der Waals surface area contributed by atoms with Crippen molar-refractivity contribution in [2.45, 2.75) is 6.92 Å². The molecule has 0 atom stereocenters. The summed E-state index contributed by atoms with van der Waals surface area (Å²) in [6, 6.07) is 13.6. The average Bonchev–Trinajstić information content (AvgIpc) is 3.17. The van der Waals surface area contributed by atoms with Gasteiger partial charge in [0.25, 0.3) is 5.91 Å². The summed E-state index contributed by atoms with van der Waals surface area (Å²) in [7, 11) is 0. The first-order chi connectivity index (χ1) is 13.6. The molecule has 0 spiro atoms. The van der Waals surface area contributed by atoms with Gasteiger partial charge in [0.1, 0.15) is 11.5 Å². The molecule has 1 saturated heterocycles. The number of aromatic nitrogens is 2. The highest BCUT2D eigenvalue weighted by Crippen LogP contribution is 2.23. The number of piperazine rings is 1. The molecular weight excluding hydrogens is 394 g/mol. The lowest BCUT2D eigenvalue weighted by Gasteiger charge is -2.35. The Morgan fingerprint density at radius 1 is 1.07 bits per heavy atom. The molecule has 1 aliphatic heterocycles. The van der Waals surface area contributed by atoms with Crippen LogP contribution in [0.25, 0.3) is 0 Å². The lowest BCUT2D eigenvalue weighted by Crippen LogP contribution is -2.48. The number of rotatable bonds is 4. The van der Waals surface area contributed by atoms with E-state index in [4.69, 9.17) is 11.6 Å². The van der Waals surface area contributed by atoms with E-state index in [0.717, 1.165) is 35.3 Å². The first-order valence-electron chi connectivity index (χ1n) is 9.04. The van der Waals surface area contributed by atoms with Gasteiger partial charge < -0.3 is 15.1 Å². The van der Waals surface area contributed by atoms with E-state index in [1.54, 1.807) is 5.38 Å². The van der Waals surface area contributed by atoms with Gasteiger partial charge in [-0.05, 0) is 43.3 Å². The summed E-state index contributed by atoms with van der Waals surface area (Å²) in [5.41, 5.74) is 2.53. The molecule has 4 rings (SSSR count). The van der Waals surface area contributed by atoms with Gasteiger partial charge in [-0.2, -0.15) is 0 Å². The van der Waals surface area contributed by atoms with E-state index in [2.05, 4.69) is 20.2 Å². The predicted molar refractivity (Wildman–Crippen MR) is 114 cm³/mol. The highest BCUT2D eigenvalue weighted by atomic mass is 35.5. The van der Waals surface area contributed by atoms with E-state index in [0.29, 0.717) is 23.9 Å². The quantitative estimate of drug-likeness (QED) is 0.694. The zero-order chi connectivity index (χ0) is 19.5. The van der Waals surface area contributed by atoms with E-state index in [9.17, 15) is 4.79 Å². The molecule has 3 aromatic rings. The summed E-state index contributed by atoms with van der Waals surface area (Å²) in [5, 5.41) is 6.36. The molecule has 6 nitrogen and oxygen atoms in total. The van der Waals surface area contributed by atoms with Gasteiger partial charge in [-0.15, -0.1) is 11.3 Å². The molecule has 1 amide bonds. The topological polar surface area (TPSA) is 61.4 Å². The molecule has 0 bridgehead atoms. The number of carbonyl (C=O) groups excluding carboxylic acids is 1. The molecule has 28 heavy (non-hydrogen) atoms. The first kappa shape index (κ1) is 18.7. The van der Waals surface area contributed by atoms with Crippen molar-refractivity contribution in [1.29, 1.82) is 0 Å². The van der Waals surface area contributed by atoms with E-state index in [-0.39, 0.29) is 5.91 Å². The molecule has 2 aromatic heterocycles. The molecule has 8 heteroatoms. The number of hydrogen-bond donors (Lipinski definition) is 1. The average molecular weight is 414 g/mol. The SMILES string of the molecule is Cc1cccc(Nc2nc(C(=O)N3CCN(c4ccc(Cl)cc4)CC3)cs2)n1. The molecule has 1 aromatic carbocycles. The predicted octanol–water partition coefficient (Wildman–Crippen LogP) is 4.21. The maximum absolute atomic E-state index is 12.8.